The van der Waals surface area contributed by atoms with Crippen molar-refractivity contribution >= 4 is 5.91 Å². The standard InChI is InChI=1S/C16H19N3O/c1-12-10-18-9-7-14(12)11-19-16(20)15-5-3-2-4-13(15)6-8-17/h2-5,7,9-10H,6,8,11,17H2,1H3,(H,19,20). The van der Waals surface area contributed by atoms with E-state index in [9.17, 15) is 4.79 Å². The molecule has 0 fully saturated rings. The normalized spacial score (nSPS) is 10.3. The van der Waals surface area contributed by atoms with Gasteiger partial charge in [0.15, 0.2) is 0 Å². The topological polar surface area (TPSA) is 68.0 Å². The van der Waals surface area contributed by atoms with Gasteiger partial charge in [-0.3, -0.25) is 9.78 Å². The van der Waals surface area contributed by atoms with E-state index in [0.29, 0.717) is 25.1 Å². The van der Waals surface area contributed by atoms with E-state index in [-0.39, 0.29) is 5.91 Å². The molecule has 0 aliphatic carbocycles. The number of benzene rings is 1. The van der Waals surface area contributed by atoms with Crippen molar-refractivity contribution in [2.24, 2.45) is 5.73 Å². The molecule has 20 heavy (non-hydrogen) atoms. The molecule has 1 aromatic carbocycles. The Balaban J connectivity index is 2.07. The third-order valence-corrected chi connectivity index (χ3v) is 3.25. The zero-order chi connectivity index (χ0) is 14.4. The highest BCUT2D eigenvalue weighted by Gasteiger charge is 2.10. The van der Waals surface area contributed by atoms with E-state index >= 15 is 0 Å². The number of nitrogens with zero attached hydrogens (tertiary/aromatic N) is 1. The van der Waals surface area contributed by atoms with E-state index in [2.05, 4.69) is 10.3 Å². The van der Waals surface area contributed by atoms with Crippen molar-refractivity contribution in [1.82, 2.24) is 10.3 Å². The average Bonchev–Trinajstić information content (AvgIpc) is 2.47. The first-order valence-electron chi connectivity index (χ1n) is 6.68. The molecule has 0 bridgehead atoms. The highest BCUT2D eigenvalue weighted by Crippen LogP contribution is 2.10. The van der Waals surface area contributed by atoms with Crippen LogP contribution in [0.1, 0.15) is 27.0 Å². The Morgan fingerprint density at radius 3 is 2.80 bits per heavy atom. The summed E-state index contributed by atoms with van der Waals surface area (Å²) in [6.45, 7) is 3.02. The maximum absolute atomic E-state index is 12.3. The first-order valence-corrected chi connectivity index (χ1v) is 6.68. The Kier molecular flexibility index (Phi) is 4.85. The van der Waals surface area contributed by atoms with Crippen LogP contribution in [-0.4, -0.2) is 17.4 Å². The van der Waals surface area contributed by atoms with Gasteiger partial charge < -0.3 is 11.1 Å². The number of carbonyl (C=O) groups excluding carboxylic acids is 1. The first-order chi connectivity index (χ1) is 9.72. The number of hydrogen-bond donors (Lipinski definition) is 2. The number of pyridine rings is 1. The van der Waals surface area contributed by atoms with Crippen LogP contribution >= 0.6 is 0 Å². The van der Waals surface area contributed by atoms with Crippen LogP contribution in [0, 0.1) is 6.92 Å². The van der Waals surface area contributed by atoms with Crippen LogP contribution in [0.4, 0.5) is 0 Å². The van der Waals surface area contributed by atoms with Gasteiger partial charge in [0.05, 0.1) is 0 Å². The molecule has 104 valence electrons. The van der Waals surface area contributed by atoms with E-state index in [4.69, 9.17) is 5.73 Å². The Hall–Kier alpha value is -2.20. The van der Waals surface area contributed by atoms with Crippen LogP contribution in [0.5, 0.6) is 0 Å². The van der Waals surface area contributed by atoms with Gasteiger partial charge in [0.2, 0.25) is 0 Å². The van der Waals surface area contributed by atoms with Gasteiger partial charge in [0.25, 0.3) is 5.91 Å². The van der Waals surface area contributed by atoms with Crippen LogP contribution < -0.4 is 11.1 Å². The number of amides is 1. The summed E-state index contributed by atoms with van der Waals surface area (Å²) in [7, 11) is 0. The van der Waals surface area contributed by atoms with Crippen molar-refractivity contribution in [2.75, 3.05) is 6.54 Å². The Labute approximate surface area is 119 Å². The Morgan fingerprint density at radius 2 is 2.05 bits per heavy atom. The molecule has 4 nitrogen and oxygen atoms in total. The van der Waals surface area contributed by atoms with Crippen LogP contribution in [0.25, 0.3) is 0 Å². The number of carbonyl (C=O) groups is 1. The zero-order valence-corrected chi connectivity index (χ0v) is 11.6. The molecule has 2 rings (SSSR count). The van der Waals surface area contributed by atoms with Crippen LogP contribution in [0.15, 0.2) is 42.7 Å². The molecule has 0 spiro atoms. The first kappa shape index (κ1) is 14.2. The van der Waals surface area contributed by atoms with Crippen molar-refractivity contribution in [3.63, 3.8) is 0 Å². The summed E-state index contributed by atoms with van der Waals surface area (Å²) in [4.78, 5) is 16.3. The van der Waals surface area contributed by atoms with E-state index in [0.717, 1.165) is 16.7 Å². The number of aromatic nitrogens is 1. The molecule has 1 aromatic heterocycles. The molecule has 0 aliphatic heterocycles. The number of hydrogen-bond acceptors (Lipinski definition) is 3. The molecule has 0 radical (unpaired) electrons. The predicted octanol–water partition coefficient (Wildman–Crippen LogP) is 1.82. The predicted molar refractivity (Wildman–Crippen MR) is 79.3 cm³/mol. The summed E-state index contributed by atoms with van der Waals surface area (Å²) in [5.41, 5.74) is 9.41. The van der Waals surface area contributed by atoms with Gasteiger partial charge in [-0.05, 0) is 48.7 Å². The molecule has 0 saturated heterocycles. The summed E-state index contributed by atoms with van der Waals surface area (Å²) >= 11 is 0. The fraction of sp³-hybridized carbons (Fsp3) is 0.250. The van der Waals surface area contributed by atoms with Crippen LogP contribution in [0.2, 0.25) is 0 Å². The van der Waals surface area contributed by atoms with E-state index in [1.54, 1.807) is 12.4 Å². The molecule has 3 N–H and O–H groups in total. The lowest BCUT2D eigenvalue weighted by Gasteiger charge is -2.10. The van der Waals surface area contributed by atoms with E-state index in [1.807, 2.05) is 37.3 Å². The maximum Gasteiger partial charge on any atom is 0.251 e. The molecule has 2 aromatic rings. The lowest BCUT2D eigenvalue weighted by molar-refractivity contribution is 0.0950. The van der Waals surface area contributed by atoms with Crippen LogP contribution in [-0.2, 0) is 13.0 Å². The summed E-state index contributed by atoms with van der Waals surface area (Å²) < 4.78 is 0. The molecule has 0 unspecified atom stereocenters. The van der Waals surface area contributed by atoms with Gasteiger partial charge in [0.1, 0.15) is 0 Å². The number of nitrogens with two attached hydrogens (primary N) is 1. The number of rotatable bonds is 5. The molecule has 0 aliphatic rings. The summed E-state index contributed by atoms with van der Waals surface area (Å²) in [6.07, 6.45) is 4.23. The van der Waals surface area contributed by atoms with Crippen molar-refractivity contribution in [3.05, 3.63) is 65.0 Å². The third kappa shape index (κ3) is 3.42. The molecule has 1 amide bonds. The minimum Gasteiger partial charge on any atom is -0.348 e. The van der Waals surface area contributed by atoms with E-state index in [1.165, 1.54) is 0 Å². The molecule has 0 saturated carbocycles. The molecule has 0 atom stereocenters. The molecule has 4 heteroatoms. The second kappa shape index (κ2) is 6.82. The average molecular weight is 269 g/mol. The Bertz CT molecular complexity index is 596. The van der Waals surface area contributed by atoms with E-state index < -0.39 is 0 Å². The number of aryl methyl sites for hydroxylation is 1. The highest BCUT2D eigenvalue weighted by molar-refractivity contribution is 5.95. The molecule has 1 heterocycles. The van der Waals surface area contributed by atoms with Gasteiger partial charge in [-0.15, -0.1) is 0 Å². The second-order valence-corrected chi connectivity index (χ2v) is 4.68. The third-order valence-electron chi connectivity index (χ3n) is 3.25. The summed E-state index contributed by atoms with van der Waals surface area (Å²) in [6, 6.07) is 9.49. The zero-order valence-electron chi connectivity index (χ0n) is 11.6. The smallest absolute Gasteiger partial charge is 0.251 e. The van der Waals surface area contributed by atoms with Crippen LogP contribution in [0.3, 0.4) is 0 Å². The van der Waals surface area contributed by atoms with Gasteiger partial charge in [-0.25, -0.2) is 0 Å². The van der Waals surface area contributed by atoms with Gasteiger partial charge in [0, 0.05) is 24.5 Å². The van der Waals surface area contributed by atoms with Crippen molar-refractivity contribution < 1.29 is 4.79 Å². The summed E-state index contributed by atoms with van der Waals surface area (Å²) in [5, 5.41) is 2.95. The van der Waals surface area contributed by atoms with Gasteiger partial charge in [-0.1, -0.05) is 18.2 Å². The minimum atomic E-state index is -0.0646. The fourth-order valence-corrected chi connectivity index (χ4v) is 2.09. The Morgan fingerprint density at radius 1 is 1.25 bits per heavy atom. The summed E-state index contributed by atoms with van der Waals surface area (Å²) in [5.74, 6) is -0.0646. The quantitative estimate of drug-likeness (QED) is 0.870. The fourth-order valence-electron chi connectivity index (χ4n) is 2.09. The lowest BCUT2D eigenvalue weighted by Crippen LogP contribution is -2.24. The van der Waals surface area contributed by atoms with Crippen molar-refractivity contribution in [3.8, 4) is 0 Å². The SMILES string of the molecule is Cc1cnccc1CNC(=O)c1ccccc1CCN. The lowest BCUT2D eigenvalue weighted by atomic mass is 10.0. The van der Waals surface area contributed by atoms with Crippen molar-refractivity contribution in [2.45, 2.75) is 19.9 Å². The molecular weight excluding hydrogens is 250 g/mol. The van der Waals surface area contributed by atoms with Crippen molar-refractivity contribution in [1.29, 1.82) is 0 Å². The minimum absolute atomic E-state index is 0.0646. The maximum atomic E-state index is 12.3. The monoisotopic (exact) mass is 269 g/mol. The molecular formula is C16H19N3O. The number of nitrogens with one attached hydrogen (secondary N) is 1. The van der Waals surface area contributed by atoms with Gasteiger partial charge >= 0.3 is 0 Å². The highest BCUT2D eigenvalue weighted by atomic mass is 16.1. The largest absolute Gasteiger partial charge is 0.348 e. The van der Waals surface area contributed by atoms with Gasteiger partial charge in [-0.2, -0.15) is 0 Å². The second-order valence-electron chi connectivity index (χ2n) is 4.68.